The molecule has 0 bridgehead atoms. The van der Waals surface area contributed by atoms with Gasteiger partial charge in [0.1, 0.15) is 6.29 Å². The molecule has 2 saturated heterocycles. The molecule has 2 fully saturated rings. The molecule has 0 spiro atoms. The van der Waals surface area contributed by atoms with Crippen LogP contribution in [0.5, 0.6) is 0 Å². The Labute approximate surface area is 235 Å². The second-order valence-corrected chi connectivity index (χ2v) is 10.7. The van der Waals surface area contributed by atoms with Gasteiger partial charge in [-0.2, -0.15) is 0 Å². The van der Waals surface area contributed by atoms with Crippen LogP contribution < -0.4 is 10.6 Å². The van der Waals surface area contributed by atoms with E-state index in [0.717, 1.165) is 63.3 Å². The Morgan fingerprint density at radius 1 is 1.05 bits per heavy atom. The van der Waals surface area contributed by atoms with E-state index in [9.17, 15) is 24.0 Å². The average Bonchev–Trinajstić information content (AvgIpc) is 3.25. The lowest BCUT2D eigenvalue weighted by atomic mass is 9.94. The van der Waals surface area contributed by atoms with Gasteiger partial charge in [0.05, 0.1) is 30.4 Å². The van der Waals surface area contributed by atoms with E-state index in [4.69, 9.17) is 4.74 Å². The van der Waals surface area contributed by atoms with Gasteiger partial charge in [0.15, 0.2) is 0 Å². The molecule has 3 aliphatic rings. The van der Waals surface area contributed by atoms with Gasteiger partial charge >= 0.3 is 0 Å². The zero-order valence-corrected chi connectivity index (χ0v) is 23.4. The maximum absolute atomic E-state index is 13.2. The van der Waals surface area contributed by atoms with Crippen molar-refractivity contribution in [2.24, 2.45) is 5.92 Å². The molecule has 2 N–H and O–H groups in total. The Kier molecular flexibility index (Phi) is 10.7. The number of nitrogens with one attached hydrogen (secondary N) is 2. The van der Waals surface area contributed by atoms with E-state index in [1.54, 1.807) is 18.2 Å². The number of carbonyl (C=O) groups excluding carboxylic acids is 5. The fourth-order valence-electron chi connectivity index (χ4n) is 5.74. The molecule has 1 aromatic carbocycles. The Hall–Kier alpha value is -3.31. The monoisotopic (exact) mass is 555 g/mol. The normalized spacial score (nSPS) is 18.9. The molecular formula is C29H41N5O6. The first-order chi connectivity index (χ1) is 19.4. The summed E-state index contributed by atoms with van der Waals surface area (Å²) < 4.78 is 5.81. The van der Waals surface area contributed by atoms with Gasteiger partial charge in [-0.15, -0.1) is 0 Å². The molecule has 3 aliphatic heterocycles. The summed E-state index contributed by atoms with van der Waals surface area (Å²) in [5.74, 6) is -0.855. The number of amides is 4. The number of nitrogens with zero attached hydrogens (tertiary/aromatic N) is 3. The fourth-order valence-corrected chi connectivity index (χ4v) is 5.74. The van der Waals surface area contributed by atoms with E-state index in [0.29, 0.717) is 37.6 Å². The largest absolute Gasteiger partial charge is 0.382 e. The lowest BCUT2D eigenvalue weighted by Gasteiger charge is -2.35. The number of aldehydes is 1. The first-order valence-corrected chi connectivity index (χ1v) is 14.4. The number of piperidine rings is 2. The van der Waals surface area contributed by atoms with Crippen molar-refractivity contribution >= 4 is 35.6 Å². The number of ether oxygens (including phenoxy) is 1. The molecule has 4 rings (SSSR count). The summed E-state index contributed by atoms with van der Waals surface area (Å²) in [5, 5.41) is 5.66. The van der Waals surface area contributed by atoms with Crippen molar-refractivity contribution in [2.75, 3.05) is 64.8 Å². The molecule has 0 saturated carbocycles. The number of rotatable bonds is 13. The van der Waals surface area contributed by atoms with Gasteiger partial charge in [0.25, 0.3) is 11.8 Å². The van der Waals surface area contributed by atoms with Gasteiger partial charge in [-0.1, -0.05) is 6.07 Å². The summed E-state index contributed by atoms with van der Waals surface area (Å²) in [6.45, 7) is 5.86. The Morgan fingerprint density at radius 2 is 1.80 bits per heavy atom. The van der Waals surface area contributed by atoms with Crippen molar-refractivity contribution in [1.82, 2.24) is 20.0 Å². The van der Waals surface area contributed by atoms with Crippen LogP contribution in [0.15, 0.2) is 18.2 Å². The van der Waals surface area contributed by atoms with Crippen molar-refractivity contribution in [3.63, 3.8) is 0 Å². The first-order valence-electron chi connectivity index (χ1n) is 14.4. The highest BCUT2D eigenvalue weighted by Gasteiger charge is 2.41. The van der Waals surface area contributed by atoms with E-state index >= 15 is 0 Å². The zero-order chi connectivity index (χ0) is 28.5. The fraction of sp³-hybridized carbons (Fsp3) is 0.621. The minimum Gasteiger partial charge on any atom is -0.382 e. The van der Waals surface area contributed by atoms with Crippen LogP contribution in [0.25, 0.3) is 0 Å². The Bertz CT molecular complexity index is 1080. The number of hydrogen-bond acceptors (Lipinski definition) is 8. The smallest absolute Gasteiger partial charge is 0.264 e. The molecule has 40 heavy (non-hydrogen) atoms. The molecule has 1 aromatic rings. The zero-order valence-electron chi connectivity index (χ0n) is 23.4. The van der Waals surface area contributed by atoms with Crippen LogP contribution >= 0.6 is 0 Å². The predicted octanol–water partition coefficient (Wildman–Crippen LogP) is 1.53. The molecule has 1 atom stereocenters. The quantitative estimate of drug-likeness (QED) is 0.213. The van der Waals surface area contributed by atoms with Crippen LogP contribution in [0.2, 0.25) is 0 Å². The topological polar surface area (TPSA) is 128 Å². The van der Waals surface area contributed by atoms with Crippen LogP contribution in [0.4, 0.5) is 5.69 Å². The second kappa shape index (κ2) is 14.4. The Balaban J connectivity index is 1.18. The van der Waals surface area contributed by atoms with Crippen molar-refractivity contribution in [3.8, 4) is 0 Å². The summed E-state index contributed by atoms with van der Waals surface area (Å²) in [6.07, 6.45) is 5.91. The third-order valence-electron chi connectivity index (χ3n) is 8.10. The summed E-state index contributed by atoms with van der Waals surface area (Å²) in [6, 6.07) is 3.98. The molecule has 0 aliphatic carbocycles. The lowest BCUT2D eigenvalue weighted by Crippen LogP contribution is -2.44. The third-order valence-corrected chi connectivity index (χ3v) is 8.10. The lowest BCUT2D eigenvalue weighted by molar-refractivity contribution is -0.138. The van der Waals surface area contributed by atoms with Gasteiger partial charge in [-0.25, -0.2) is 0 Å². The number of hydrogen-bond donors (Lipinski definition) is 2. The van der Waals surface area contributed by atoms with Crippen LogP contribution in [-0.2, 0) is 19.1 Å². The predicted molar refractivity (Wildman–Crippen MR) is 149 cm³/mol. The third kappa shape index (κ3) is 7.06. The van der Waals surface area contributed by atoms with Crippen molar-refractivity contribution in [2.45, 2.75) is 51.0 Å². The highest BCUT2D eigenvalue weighted by atomic mass is 16.5. The van der Waals surface area contributed by atoms with Gasteiger partial charge in [0.2, 0.25) is 11.8 Å². The summed E-state index contributed by atoms with van der Waals surface area (Å²) in [4.78, 5) is 67.5. The standard InChI is InChI=1S/C29H41N5O6/c1-30-25(36)9-8-22(20-35)34-28(38)23-6-5-7-24(26(23)29(34)39)31-12-18-40-19-17-32-15-10-21(11-16-32)27(37)33-13-3-2-4-14-33/h5-7,20-22,31H,2-4,8-19H2,1H3,(H,30,36). The van der Waals surface area contributed by atoms with Crippen LogP contribution in [-0.4, -0.2) is 110 Å². The molecule has 4 amide bonds. The van der Waals surface area contributed by atoms with E-state index in [1.165, 1.54) is 13.5 Å². The molecule has 0 aromatic heterocycles. The number of likely N-dealkylation sites (tertiary alicyclic amines) is 2. The van der Waals surface area contributed by atoms with Crippen molar-refractivity contribution < 1.29 is 28.7 Å². The highest BCUT2D eigenvalue weighted by molar-refractivity contribution is 6.24. The SMILES string of the molecule is CNC(=O)CCC(C=O)N1C(=O)c2cccc(NCCOCCN3CCC(C(=O)N4CCCCC4)CC3)c2C1=O. The first kappa shape index (κ1) is 29.7. The molecule has 11 heteroatoms. The average molecular weight is 556 g/mol. The van der Waals surface area contributed by atoms with E-state index in [1.807, 2.05) is 0 Å². The second-order valence-electron chi connectivity index (χ2n) is 10.7. The van der Waals surface area contributed by atoms with Crippen LogP contribution in [0.1, 0.15) is 65.7 Å². The van der Waals surface area contributed by atoms with Gasteiger partial charge in [0, 0.05) is 51.3 Å². The minimum atomic E-state index is -1.01. The summed E-state index contributed by atoms with van der Waals surface area (Å²) in [5.41, 5.74) is 0.990. The molecule has 218 valence electrons. The molecule has 11 nitrogen and oxygen atoms in total. The number of benzene rings is 1. The van der Waals surface area contributed by atoms with E-state index in [-0.39, 0.29) is 35.8 Å². The minimum absolute atomic E-state index is 0.0322. The van der Waals surface area contributed by atoms with Gasteiger partial charge in [-0.3, -0.25) is 24.1 Å². The maximum atomic E-state index is 13.2. The van der Waals surface area contributed by atoms with E-state index in [2.05, 4.69) is 20.4 Å². The number of fused-ring (bicyclic) bond motifs is 1. The molecule has 0 radical (unpaired) electrons. The highest BCUT2D eigenvalue weighted by Crippen LogP contribution is 2.31. The van der Waals surface area contributed by atoms with Gasteiger partial charge in [-0.05, 0) is 63.7 Å². The number of anilines is 1. The number of carbonyl (C=O) groups is 5. The maximum Gasteiger partial charge on any atom is 0.264 e. The van der Waals surface area contributed by atoms with Crippen molar-refractivity contribution in [1.29, 1.82) is 0 Å². The van der Waals surface area contributed by atoms with Gasteiger partial charge < -0.3 is 30.0 Å². The molecular weight excluding hydrogens is 514 g/mol. The summed E-state index contributed by atoms with van der Waals surface area (Å²) in [7, 11) is 1.49. The van der Waals surface area contributed by atoms with Crippen molar-refractivity contribution in [3.05, 3.63) is 29.3 Å². The van der Waals surface area contributed by atoms with Crippen LogP contribution in [0.3, 0.4) is 0 Å². The number of imide groups is 1. The van der Waals surface area contributed by atoms with Crippen LogP contribution in [0, 0.1) is 5.92 Å². The molecule has 1 unspecified atom stereocenters. The van der Waals surface area contributed by atoms with E-state index < -0.39 is 17.9 Å². The Morgan fingerprint density at radius 3 is 2.50 bits per heavy atom. The summed E-state index contributed by atoms with van der Waals surface area (Å²) >= 11 is 0. The molecule has 3 heterocycles.